The van der Waals surface area contributed by atoms with E-state index in [4.69, 9.17) is 17.0 Å². The van der Waals surface area contributed by atoms with Crippen molar-refractivity contribution < 1.29 is 9.84 Å². The number of methoxy groups -OCH3 is 1. The van der Waals surface area contributed by atoms with Crippen LogP contribution in [0.4, 0.5) is 0 Å². The number of aromatic hydroxyl groups is 1. The second-order valence-electron chi connectivity index (χ2n) is 5.72. The minimum atomic E-state index is -0.503. The van der Waals surface area contributed by atoms with E-state index in [9.17, 15) is 9.90 Å². The first-order chi connectivity index (χ1) is 13.0. The summed E-state index contributed by atoms with van der Waals surface area (Å²) >= 11 is 5.19. The van der Waals surface area contributed by atoms with Gasteiger partial charge in [0.15, 0.2) is 4.77 Å². The van der Waals surface area contributed by atoms with Gasteiger partial charge in [0.1, 0.15) is 11.3 Å². The van der Waals surface area contributed by atoms with Gasteiger partial charge in [0.2, 0.25) is 5.88 Å². The van der Waals surface area contributed by atoms with Crippen LogP contribution in [0.15, 0.2) is 34.2 Å². The van der Waals surface area contributed by atoms with Crippen LogP contribution in [-0.2, 0) is 0 Å². The zero-order valence-electron chi connectivity index (χ0n) is 15.7. The number of hydrazone groups is 1. The lowest BCUT2D eigenvalue weighted by molar-refractivity contribution is 0.303. The fourth-order valence-electron chi connectivity index (χ4n) is 2.55. The molecule has 0 aliphatic rings. The van der Waals surface area contributed by atoms with Crippen molar-refractivity contribution in [3.63, 3.8) is 0 Å². The van der Waals surface area contributed by atoms with Gasteiger partial charge in [-0.15, -0.1) is 0 Å². The minimum absolute atomic E-state index is 0.0229. The number of nitrogens with zero attached hydrogens (tertiary/aromatic N) is 3. The number of aromatic nitrogens is 2. The largest absolute Gasteiger partial charge is 0.497 e. The Morgan fingerprint density at radius 1 is 1.33 bits per heavy atom. The third-order valence-corrected chi connectivity index (χ3v) is 4.46. The Bertz CT molecular complexity index is 885. The van der Waals surface area contributed by atoms with E-state index in [2.05, 4.69) is 34.3 Å². The summed E-state index contributed by atoms with van der Waals surface area (Å²) in [6, 6.07) is 6.94. The number of aromatic amines is 1. The van der Waals surface area contributed by atoms with Gasteiger partial charge in [0.05, 0.1) is 19.0 Å². The highest BCUT2D eigenvalue weighted by atomic mass is 32.1. The first-order valence-corrected chi connectivity index (χ1v) is 9.13. The molecule has 0 aliphatic carbocycles. The van der Waals surface area contributed by atoms with Gasteiger partial charge in [-0.2, -0.15) is 5.10 Å². The van der Waals surface area contributed by atoms with Gasteiger partial charge >= 0.3 is 0 Å². The molecule has 1 aromatic heterocycles. The zero-order valence-corrected chi connectivity index (χ0v) is 16.5. The highest BCUT2D eigenvalue weighted by Crippen LogP contribution is 2.21. The van der Waals surface area contributed by atoms with Gasteiger partial charge in [0.25, 0.3) is 5.56 Å². The Labute approximate surface area is 163 Å². The maximum atomic E-state index is 12.2. The Hall–Kier alpha value is -2.65. The van der Waals surface area contributed by atoms with E-state index < -0.39 is 5.56 Å². The molecule has 0 fully saturated rings. The second-order valence-corrected chi connectivity index (χ2v) is 6.11. The van der Waals surface area contributed by atoms with E-state index in [-0.39, 0.29) is 16.2 Å². The summed E-state index contributed by atoms with van der Waals surface area (Å²) in [6.07, 6.45) is 1.30. The maximum Gasteiger partial charge on any atom is 0.264 e. The molecule has 0 saturated heterocycles. The highest BCUT2D eigenvalue weighted by Gasteiger charge is 2.12. The number of rotatable bonds is 9. The van der Waals surface area contributed by atoms with Crippen LogP contribution in [-0.4, -0.2) is 59.1 Å². The number of benzene rings is 1. The Morgan fingerprint density at radius 2 is 2.00 bits per heavy atom. The highest BCUT2D eigenvalue weighted by molar-refractivity contribution is 7.71. The fourth-order valence-corrected chi connectivity index (χ4v) is 2.83. The number of H-pyrrole nitrogens is 1. The molecule has 2 aromatic rings. The molecule has 27 heavy (non-hydrogen) atoms. The maximum absolute atomic E-state index is 12.2. The summed E-state index contributed by atoms with van der Waals surface area (Å²) in [4.78, 5) is 17.0. The van der Waals surface area contributed by atoms with Crippen molar-refractivity contribution in [2.75, 3.05) is 33.3 Å². The third-order valence-electron chi connectivity index (χ3n) is 4.17. The second kappa shape index (κ2) is 9.89. The number of likely N-dealkylation sites (N-methyl/N-ethyl adjacent to an activating group) is 1. The predicted molar refractivity (Wildman–Crippen MR) is 109 cm³/mol. The van der Waals surface area contributed by atoms with Gasteiger partial charge in [-0.25, -0.2) is 0 Å². The molecule has 0 saturated carbocycles. The van der Waals surface area contributed by atoms with Gasteiger partial charge < -0.3 is 20.2 Å². The van der Waals surface area contributed by atoms with Crippen LogP contribution in [0.2, 0.25) is 0 Å². The minimum Gasteiger partial charge on any atom is -0.497 e. The summed E-state index contributed by atoms with van der Waals surface area (Å²) < 4.78 is 6.59. The number of ether oxygens (including phenoxy) is 1. The lowest BCUT2D eigenvalue weighted by Gasteiger charge is -2.17. The fraction of sp³-hybridized carbons (Fsp3) is 0.389. The van der Waals surface area contributed by atoms with Gasteiger partial charge in [-0.3, -0.25) is 14.3 Å². The summed E-state index contributed by atoms with van der Waals surface area (Å²) in [7, 11) is 1.57. The quantitative estimate of drug-likeness (QED) is 0.261. The molecule has 1 aromatic carbocycles. The van der Waals surface area contributed by atoms with Crippen LogP contribution in [0.25, 0.3) is 5.69 Å². The van der Waals surface area contributed by atoms with Crippen molar-refractivity contribution in [2.45, 2.75) is 13.8 Å². The summed E-state index contributed by atoms with van der Waals surface area (Å²) in [5.74, 6) is 0.400. The molecular formula is C18H25N5O3S. The van der Waals surface area contributed by atoms with Crippen LogP contribution in [0.3, 0.4) is 0 Å². The molecule has 0 atom stereocenters. The van der Waals surface area contributed by atoms with Crippen molar-refractivity contribution in [1.29, 1.82) is 0 Å². The smallest absolute Gasteiger partial charge is 0.264 e. The molecule has 0 aliphatic heterocycles. The van der Waals surface area contributed by atoms with Gasteiger partial charge in [0, 0.05) is 13.1 Å². The third kappa shape index (κ3) is 5.18. The van der Waals surface area contributed by atoms with E-state index in [1.165, 1.54) is 10.8 Å². The molecule has 2 rings (SSSR count). The molecule has 0 amide bonds. The monoisotopic (exact) mass is 391 g/mol. The zero-order chi connectivity index (χ0) is 19.8. The summed E-state index contributed by atoms with van der Waals surface area (Å²) in [5, 5.41) is 14.6. The Kier molecular flexibility index (Phi) is 7.56. The first kappa shape index (κ1) is 20.7. The van der Waals surface area contributed by atoms with E-state index in [0.29, 0.717) is 18.0 Å². The molecule has 9 heteroatoms. The van der Waals surface area contributed by atoms with E-state index in [1.54, 1.807) is 31.4 Å². The van der Waals surface area contributed by atoms with E-state index in [1.807, 2.05) is 0 Å². The normalized spacial score (nSPS) is 11.3. The predicted octanol–water partition coefficient (Wildman–Crippen LogP) is 1.87. The van der Waals surface area contributed by atoms with Crippen molar-refractivity contribution in [3.05, 3.63) is 45.0 Å². The summed E-state index contributed by atoms with van der Waals surface area (Å²) in [6.45, 7) is 7.59. The lowest BCUT2D eigenvalue weighted by atomic mass is 10.2. The first-order valence-electron chi connectivity index (χ1n) is 8.72. The molecule has 8 nitrogen and oxygen atoms in total. The van der Waals surface area contributed by atoms with Crippen molar-refractivity contribution in [3.8, 4) is 17.3 Å². The average molecular weight is 391 g/mol. The topological polar surface area (TPSA) is 94.9 Å². The number of hydrogen-bond donors (Lipinski definition) is 3. The number of nitrogens with one attached hydrogen (secondary N) is 2. The van der Waals surface area contributed by atoms with E-state index >= 15 is 0 Å². The summed E-state index contributed by atoms with van der Waals surface area (Å²) in [5.41, 5.74) is 3.00. The molecule has 0 radical (unpaired) electrons. The molecule has 0 bridgehead atoms. The molecule has 3 N–H and O–H groups in total. The lowest BCUT2D eigenvalue weighted by Crippen LogP contribution is -2.30. The number of hydrogen-bond acceptors (Lipinski definition) is 7. The molecule has 0 spiro atoms. The van der Waals surface area contributed by atoms with E-state index in [0.717, 1.165) is 19.6 Å². The SMILES string of the molecule is CCN(CC)CCNN=Cc1c(O)n(-c2ccc(OC)cc2)c(=S)[nH]c1=O. The van der Waals surface area contributed by atoms with Crippen LogP contribution in [0.1, 0.15) is 19.4 Å². The van der Waals surface area contributed by atoms with Crippen LogP contribution in [0.5, 0.6) is 11.6 Å². The van der Waals surface area contributed by atoms with Crippen LogP contribution >= 0.6 is 12.2 Å². The van der Waals surface area contributed by atoms with Crippen LogP contribution < -0.4 is 15.7 Å². The van der Waals surface area contributed by atoms with Crippen molar-refractivity contribution in [2.24, 2.45) is 5.10 Å². The molecule has 146 valence electrons. The van der Waals surface area contributed by atoms with Crippen LogP contribution in [0, 0.1) is 4.77 Å². The average Bonchev–Trinajstić information content (AvgIpc) is 2.67. The van der Waals surface area contributed by atoms with Crippen molar-refractivity contribution >= 4 is 18.4 Å². The molecular weight excluding hydrogens is 366 g/mol. The van der Waals surface area contributed by atoms with Gasteiger partial charge in [-0.05, 0) is 49.6 Å². The standard InChI is InChI=1S/C18H25N5O3S/c1-4-22(5-2)11-10-19-20-12-15-16(24)21-18(27)23(17(15)25)13-6-8-14(26-3)9-7-13/h6-9,12,19,25H,4-5,10-11H2,1-3H3,(H,21,24,27). The van der Waals surface area contributed by atoms with Crippen molar-refractivity contribution in [1.82, 2.24) is 19.9 Å². The Morgan fingerprint density at radius 3 is 2.59 bits per heavy atom. The van der Waals surface area contributed by atoms with Gasteiger partial charge in [-0.1, -0.05) is 13.8 Å². The Balaban J connectivity index is 2.23. The molecule has 0 unspecified atom stereocenters. The molecule has 1 heterocycles.